The maximum atomic E-state index is 13.0. The zero-order valence-electron chi connectivity index (χ0n) is 17.7. The molecule has 0 amide bonds. The lowest BCUT2D eigenvalue weighted by molar-refractivity contribution is -0.277. The quantitative estimate of drug-likeness (QED) is 0.238. The number of benzene rings is 2. The van der Waals surface area contributed by atoms with E-state index < -0.39 is 60.0 Å². The maximum Gasteiger partial charge on any atom is 0.239 e. The molecule has 3 aromatic rings. The fourth-order valence-electron chi connectivity index (χ4n) is 3.66. The Morgan fingerprint density at radius 1 is 0.941 bits per heavy atom. The second kappa shape index (κ2) is 9.00. The van der Waals surface area contributed by atoms with Crippen LogP contribution in [0.1, 0.15) is 0 Å². The summed E-state index contributed by atoms with van der Waals surface area (Å²) in [6.07, 6.45) is -7.71. The van der Waals surface area contributed by atoms with Crippen LogP contribution in [0, 0.1) is 0 Å². The lowest BCUT2D eigenvalue weighted by Crippen LogP contribution is -2.60. The van der Waals surface area contributed by atoms with Gasteiger partial charge in [-0.3, -0.25) is 4.79 Å². The first kappa shape index (κ1) is 23.6. The minimum atomic E-state index is -1.70. The molecule has 0 radical (unpaired) electrons. The molecule has 2 heterocycles. The van der Waals surface area contributed by atoms with Crippen LogP contribution in [0.2, 0.25) is 0 Å². The molecule has 4 rings (SSSR count). The highest BCUT2D eigenvalue weighted by atomic mass is 16.7. The van der Waals surface area contributed by atoms with Gasteiger partial charge in [-0.25, -0.2) is 0 Å². The monoisotopic (exact) mass is 478 g/mol. The molecule has 0 spiro atoms. The molecule has 0 aliphatic carbocycles. The van der Waals surface area contributed by atoms with Crippen LogP contribution in [0.5, 0.6) is 28.7 Å². The smallest absolute Gasteiger partial charge is 0.239 e. The van der Waals surface area contributed by atoms with Crippen molar-refractivity contribution < 1.29 is 54.4 Å². The van der Waals surface area contributed by atoms with Crippen molar-refractivity contribution in [3.05, 3.63) is 40.6 Å². The fourth-order valence-corrected chi connectivity index (χ4v) is 3.66. The summed E-state index contributed by atoms with van der Waals surface area (Å²) < 4.78 is 21.7. The summed E-state index contributed by atoms with van der Waals surface area (Å²) in [4.78, 5) is 13.0. The Kier molecular flexibility index (Phi) is 6.25. The zero-order chi connectivity index (χ0) is 24.7. The predicted molar refractivity (Wildman–Crippen MR) is 114 cm³/mol. The van der Waals surface area contributed by atoms with Crippen molar-refractivity contribution in [2.75, 3.05) is 13.7 Å². The third-order valence-corrected chi connectivity index (χ3v) is 5.45. The zero-order valence-corrected chi connectivity index (χ0v) is 17.7. The van der Waals surface area contributed by atoms with Crippen LogP contribution in [0.25, 0.3) is 22.3 Å². The Morgan fingerprint density at radius 2 is 1.68 bits per heavy atom. The fraction of sp³-hybridized carbons (Fsp3) is 0.318. The largest absolute Gasteiger partial charge is 0.507 e. The molecule has 1 aromatic heterocycles. The van der Waals surface area contributed by atoms with Crippen LogP contribution in [0.4, 0.5) is 0 Å². The highest BCUT2D eigenvalue weighted by Crippen LogP contribution is 2.38. The minimum absolute atomic E-state index is 0.111. The number of phenolic OH excluding ortho intramolecular Hbond substituents is 3. The lowest BCUT2D eigenvalue weighted by Gasteiger charge is -2.39. The average Bonchev–Trinajstić information content (AvgIpc) is 2.80. The number of aliphatic hydroxyl groups excluding tert-OH is 4. The van der Waals surface area contributed by atoms with Gasteiger partial charge in [-0.05, 0) is 18.2 Å². The van der Waals surface area contributed by atoms with Crippen molar-refractivity contribution in [1.29, 1.82) is 0 Å². The number of methoxy groups -OCH3 is 1. The van der Waals surface area contributed by atoms with Gasteiger partial charge in [0.05, 0.1) is 13.7 Å². The molecule has 12 heteroatoms. The third kappa shape index (κ3) is 3.97. The van der Waals surface area contributed by atoms with E-state index in [1.54, 1.807) is 0 Å². The summed E-state index contributed by atoms with van der Waals surface area (Å²) >= 11 is 0. The standard InChI is InChI=1S/C22H22O12/c1-31-21-17(28)15-12(26)5-9(32-22-19(30)18(29)16(27)14(7-23)34-22)6-13(15)33-20(21)8-2-3-10(24)11(25)4-8/h2-6,14,16,18-19,22-27,29-30H,7H2,1H3/t14-,16-,18+,19-,22-/m1/s1. The second-order valence-corrected chi connectivity index (χ2v) is 7.63. The number of fused-ring (bicyclic) bond motifs is 1. The molecular formula is C22H22O12. The van der Waals surface area contributed by atoms with Crippen molar-refractivity contribution in [2.24, 2.45) is 0 Å². The van der Waals surface area contributed by atoms with Gasteiger partial charge in [0, 0.05) is 17.7 Å². The first-order chi connectivity index (χ1) is 16.2. The number of aromatic hydroxyl groups is 3. The molecule has 0 unspecified atom stereocenters. The molecule has 12 nitrogen and oxygen atoms in total. The van der Waals surface area contributed by atoms with Crippen LogP contribution >= 0.6 is 0 Å². The van der Waals surface area contributed by atoms with Crippen LogP contribution in [0.3, 0.4) is 0 Å². The molecule has 0 saturated carbocycles. The van der Waals surface area contributed by atoms with Gasteiger partial charge in [-0.1, -0.05) is 0 Å². The van der Waals surface area contributed by atoms with Gasteiger partial charge in [0.25, 0.3) is 0 Å². The van der Waals surface area contributed by atoms with Crippen LogP contribution < -0.4 is 14.9 Å². The maximum absolute atomic E-state index is 13.0. The van der Waals surface area contributed by atoms with Crippen molar-refractivity contribution in [1.82, 2.24) is 0 Å². The van der Waals surface area contributed by atoms with Crippen molar-refractivity contribution in [2.45, 2.75) is 30.7 Å². The van der Waals surface area contributed by atoms with Crippen LogP contribution in [-0.2, 0) is 4.74 Å². The Hall–Kier alpha value is -3.55. The highest BCUT2D eigenvalue weighted by molar-refractivity contribution is 5.88. The van der Waals surface area contributed by atoms with Gasteiger partial charge in [0.15, 0.2) is 17.3 Å². The second-order valence-electron chi connectivity index (χ2n) is 7.63. The van der Waals surface area contributed by atoms with E-state index in [4.69, 9.17) is 18.6 Å². The topological polar surface area (TPSA) is 200 Å². The van der Waals surface area contributed by atoms with E-state index >= 15 is 0 Å². The first-order valence-electron chi connectivity index (χ1n) is 10.0. The first-order valence-corrected chi connectivity index (χ1v) is 10.0. The summed E-state index contributed by atoms with van der Waals surface area (Å²) in [6.45, 7) is -0.661. The van der Waals surface area contributed by atoms with E-state index in [2.05, 4.69) is 0 Å². The molecule has 7 N–H and O–H groups in total. The molecule has 5 atom stereocenters. The number of ether oxygens (including phenoxy) is 3. The van der Waals surface area contributed by atoms with Crippen molar-refractivity contribution in [3.8, 4) is 40.1 Å². The number of phenols is 3. The van der Waals surface area contributed by atoms with E-state index in [0.717, 1.165) is 12.1 Å². The predicted octanol–water partition coefficient (Wildman–Crippen LogP) is -0.236. The van der Waals surface area contributed by atoms with Crippen LogP contribution in [0.15, 0.2) is 39.5 Å². The molecule has 182 valence electrons. The summed E-state index contributed by atoms with van der Waals surface area (Å²) in [5.41, 5.74) is -0.706. The Morgan fingerprint density at radius 3 is 2.32 bits per heavy atom. The summed E-state index contributed by atoms with van der Waals surface area (Å²) in [6, 6.07) is 5.96. The molecule has 1 aliphatic heterocycles. The van der Waals surface area contributed by atoms with Crippen molar-refractivity contribution >= 4 is 11.0 Å². The van der Waals surface area contributed by atoms with Gasteiger partial charge < -0.3 is 54.4 Å². The van der Waals surface area contributed by atoms with E-state index in [1.165, 1.54) is 25.3 Å². The molecule has 0 bridgehead atoms. The SMILES string of the molecule is COc1c(-c2ccc(O)c(O)c2)oc2cc(O[C@@H]3O[C@H](CO)[C@@H](O)[C@H](O)[C@H]3O)cc(O)c2c1=O. The van der Waals surface area contributed by atoms with Gasteiger partial charge in [0.1, 0.15) is 46.9 Å². The molecule has 1 fully saturated rings. The number of rotatable bonds is 5. The minimum Gasteiger partial charge on any atom is -0.507 e. The summed E-state index contributed by atoms with van der Waals surface area (Å²) in [5.74, 6) is -1.93. The normalized spacial score (nSPS) is 24.8. The van der Waals surface area contributed by atoms with Gasteiger partial charge in [0.2, 0.25) is 17.5 Å². The van der Waals surface area contributed by atoms with Gasteiger partial charge >= 0.3 is 0 Å². The average molecular weight is 478 g/mol. The van der Waals surface area contributed by atoms with E-state index in [9.17, 15) is 40.5 Å². The van der Waals surface area contributed by atoms with Crippen LogP contribution in [-0.4, -0.2) is 80.2 Å². The number of hydrogen-bond acceptors (Lipinski definition) is 12. The molecular weight excluding hydrogens is 456 g/mol. The number of aliphatic hydroxyl groups is 4. The Balaban J connectivity index is 1.79. The lowest BCUT2D eigenvalue weighted by atomic mass is 9.99. The molecule has 2 aromatic carbocycles. The Labute approximate surface area is 191 Å². The van der Waals surface area contributed by atoms with E-state index in [0.29, 0.717) is 0 Å². The molecule has 1 aliphatic rings. The Bertz CT molecular complexity index is 1270. The molecule has 34 heavy (non-hydrogen) atoms. The summed E-state index contributed by atoms with van der Waals surface area (Å²) in [5, 5.41) is 69.0. The number of hydrogen-bond donors (Lipinski definition) is 7. The third-order valence-electron chi connectivity index (χ3n) is 5.45. The van der Waals surface area contributed by atoms with Gasteiger partial charge in [-0.15, -0.1) is 0 Å². The van der Waals surface area contributed by atoms with Gasteiger partial charge in [-0.2, -0.15) is 0 Å². The molecule has 1 saturated heterocycles. The van der Waals surface area contributed by atoms with Crippen molar-refractivity contribution in [3.63, 3.8) is 0 Å². The van der Waals surface area contributed by atoms with E-state index in [-0.39, 0.29) is 33.8 Å². The summed E-state index contributed by atoms with van der Waals surface area (Å²) in [7, 11) is 1.22. The van der Waals surface area contributed by atoms with E-state index in [1.807, 2.05) is 0 Å². The highest BCUT2D eigenvalue weighted by Gasteiger charge is 2.44.